The Morgan fingerprint density at radius 2 is 1.85 bits per heavy atom. The van der Waals surface area contributed by atoms with E-state index in [1.807, 2.05) is 6.92 Å². The van der Waals surface area contributed by atoms with Crippen molar-refractivity contribution in [1.29, 1.82) is 0 Å². The maximum Gasteiger partial charge on any atom is 0.295 e. The fourth-order valence-electron chi connectivity index (χ4n) is 1.06. The van der Waals surface area contributed by atoms with Gasteiger partial charge in [0.15, 0.2) is 0 Å². The molecule has 1 rings (SSSR count). The summed E-state index contributed by atoms with van der Waals surface area (Å²) >= 11 is 0. The van der Waals surface area contributed by atoms with Crippen LogP contribution in [0.15, 0.2) is 18.2 Å². The molecule has 0 atom stereocenters. The number of halogens is 2. The van der Waals surface area contributed by atoms with E-state index >= 15 is 0 Å². The molecule has 72 valence electrons. The van der Waals surface area contributed by atoms with E-state index in [9.17, 15) is 8.78 Å². The van der Waals surface area contributed by atoms with E-state index in [2.05, 4.69) is 0 Å². The van der Waals surface area contributed by atoms with Crippen LogP contribution in [0, 0.1) is 13.8 Å². The zero-order chi connectivity index (χ0) is 10.1. The fourth-order valence-corrected chi connectivity index (χ4v) is 1.06. The summed E-state index contributed by atoms with van der Waals surface area (Å²) in [4.78, 5) is 0. The first-order valence-corrected chi connectivity index (χ1v) is 4.04. The molecule has 0 aliphatic rings. The largest absolute Gasteiger partial charge is 0.390 e. The molecular weight excluding hydrogens is 174 g/mol. The van der Waals surface area contributed by atoms with Gasteiger partial charge in [0, 0.05) is 5.56 Å². The topological polar surface area (TPSA) is 20.2 Å². The minimum Gasteiger partial charge on any atom is -0.390 e. The summed E-state index contributed by atoms with van der Waals surface area (Å²) in [7, 11) is 0. The van der Waals surface area contributed by atoms with Crippen molar-refractivity contribution in [3.63, 3.8) is 0 Å². The van der Waals surface area contributed by atoms with E-state index in [0.717, 1.165) is 11.1 Å². The molecular formula is C10H12F2O. The highest BCUT2D eigenvalue weighted by atomic mass is 19.3. The Kier molecular flexibility index (Phi) is 2.66. The Labute approximate surface area is 76.0 Å². The lowest BCUT2D eigenvalue weighted by Crippen LogP contribution is -2.18. The zero-order valence-corrected chi connectivity index (χ0v) is 7.64. The first kappa shape index (κ1) is 10.1. The standard InChI is InChI=1S/C10H12F2O/c1-7-3-4-9(5-8(7)2)10(11,12)6-13/h3-5,13H,6H2,1-2H3. The van der Waals surface area contributed by atoms with Crippen molar-refractivity contribution in [3.8, 4) is 0 Å². The summed E-state index contributed by atoms with van der Waals surface area (Å²) in [5, 5.41) is 8.46. The first-order chi connectivity index (χ1) is 5.97. The van der Waals surface area contributed by atoms with Crippen LogP contribution in [0.4, 0.5) is 8.78 Å². The average molecular weight is 186 g/mol. The van der Waals surface area contributed by atoms with Crippen molar-refractivity contribution in [2.45, 2.75) is 19.8 Å². The third-order valence-electron chi connectivity index (χ3n) is 2.13. The lowest BCUT2D eigenvalue weighted by Gasteiger charge is -2.14. The quantitative estimate of drug-likeness (QED) is 0.751. The van der Waals surface area contributed by atoms with E-state index in [0.29, 0.717) is 0 Å². The molecule has 1 aromatic carbocycles. The summed E-state index contributed by atoms with van der Waals surface area (Å²) in [6, 6.07) is 4.39. The summed E-state index contributed by atoms with van der Waals surface area (Å²) in [5.41, 5.74) is 1.65. The highest BCUT2D eigenvalue weighted by Gasteiger charge is 2.30. The minimum absolute atomic E-state index is 0.127. The van der Waals surface area contributed by atoms with Gasteiger partial charge in [0.2, 0.25) is 0 Å². The van der Waals surface area contributed by atoms with Gasteiger partial charge in [0.25, 0.3) is 5.92 Å². The summed E-state index contributed by atoms with van der Waals surface area (Å²) in [6.45, 7) is 2.48. The molecule has 0 aliphatic carbocycles. The fraction of sp³-hybridized carbons (Fsp3) is 0.400. The van der Waals surface area contributed by atoms with Crippen LogP contribution in [0.1, 0.15) is 16.7 Å². The van der Waals surface area contributed by atoms with E-state index in [-0.39, 0.29) is 5.56 Å². The Balaban J connectivity index is 3.10. The van der Waals surface area contributed by atoms with Crippen molar-refractivity contribution in [2.24, 2.45) is 0 Å². The molecule has 1 nitrogen and oxygen atoms in total. The maximum absolute atomic E-state index is 12.9. The van der Waals surface area contributed by atoms with Gasteiger partial charge in [-0.1, -0.05) is 12.1 Å². The number of rotatable bonds is 2. The van der Waals surface area contributed by atoms with E-state index in [4.69, 9.17) is 5.11 Å². The summed E-state index contributed by atoms with van der Waals surface area (Å²) in [5.74, 6) is -3.13. The molecule has 1 N–H and O–H groups in total. The van der Waals surface area contributed by atoms with Crippen LogP contribution in [-0.2, 0) is 5.92 Å². The van der Waals surface area contributed by atoms with Crippen LogP contribution in [0.25, 0.3) is 0 Å². The molecule has 0 saturated heterocycles. The number of aryl methyl sites for hydroxylation is 2. The predicted molar refractivity (Wildman–Crippen MR) is 46.9 cm³/mol. The van der Waals surface area contributed by atoms with Gasteiger partial charge in [0.05, 0.1) is 0 Å². The van der Waals surface area contributed by atoms with Gasteiger partial charge in [-0.25, -0.2) is 0 Å². The van der Waals surface area contributed by atoms with Crippen molar-refractivity contribution in [2.75, 3.05) is 6.61 Å². The minimum atomic E-state index is -3.13. The summed E-state index contributed by atoms with van der Waals surface area (Å²) in [6.07, 6.45) is 0. The summed E-state index contributed by atoms with van der Waals surface area (Å²) < 4.78 is 25.9. The second-order valence-electron chi connectivity index (χ2n) is 3.16. The second-order valence-corrected chi connectivity index (χ2v) is 3.16. The number of aliphatic hydroxyl groups is 1. The Morgan fingerprint density at radius 1 is 1.23 bits per heavy atom. The molecule has 3 heteroatoms. The zero-order valence-electron chi connectivity index (χ0n) is 7.64. The number of hydrogen-bond acceptors (Lipinski definition) is 1. The molecule has 0 radical (unpaired) electrons. The van der Waals surface area contributed by atoms with Crippen LogP contribution in [-0.4, -0.2) is 11.7 Å². The first-order valence-electron chi connectivity index (χ1n) is 4.04. The van der Waals surface area contributed by atoms with Gasteiger partial charge in [-0.05, 0) is 31.0 Å². The van der Waals surface area contributed by atoms with Crippen LogP contribution >= 0.6 is 0 Å². The van der Waals surface area contributed by atoms with Gasteiger partial charge in [-0.15, -0.1) is 0 Å². The monoisotopic (exact) mass is 186 g/mol. The smallest absolute Gasteiger partial charge is 0.295 e. The van der Waals surface area contributed by atoms with Gasteiger partial charge in [-0.3, -0.25) is 0 Å². The molecule has 0 bridgehead atoms. The lowest BCUT2D eigenvalue weighted by atomic mass is 10.0. The Morgan fingerprint density at radius 3 is 2.31 bits per heavy atom. The average Bonchev–Trinajstić information content (AvgIpc) is 2.09. The Hall–Kier alpha value is -0.960. The van der Waals surface area contributed by atoms with Crippen molar-refractivity contribution >= 4 is 0 Å². The number of benzene rings is 1. The normalized spacial score (nSPS) is 11.8. The van der Waals surface area contributed by atoms with Crippen molar-refractivity contribution in [3.05, 3.63) is 34.9 Å². The molecule has 1 aromatic rings. The molecule has 0 saturated carbocycles. The van der Waals surface area contributed by atoms with Crippen LogP contribution in [0.3, 0.4) is 0 Å². The molecule has 0 aliphatic heterocycles. The lowest BCUT2D eigenvalue weighted by molar-refractivity contribution is -0.0556. The highest BCUT2D eigenvalue weighted by Crippen LogP contribution is 2.28. The van der Waals surface area contributed by atoms with E-state index in [1.165, 1.54) is 12.1 Å². The van der Waals surface area contributed by atoms with E-state index < -0.39 is 12.5 Å². The molecule has 0 heterocycles. The van der Waals surface area contributed by atoms with Gasteiger partial charge in [0.1, 0.15) is 6.61 Å². The molecule has 13 heavy (non-hydrogen) atoms. The maximum atomic E-state index is 12.9. The second kappa shape index (κ2) is 3.42. The van der Waals surface area contributed by atoms with Crippen molar-refractivity contribution < 1.29 is 13.9 Å². The number of aliphatic hydroxyl groups excluding tert-OH is 1. The van der Waals surface area contributed by atoms with Crippen molar-refractivity contribution in [1.82, 2.24) is 0 Å². The van der Waals surface area contributed by atoms with Gasteiger partial charge < -0.3 is 5.11 Å². The van der Waals surface area contributed by atoms with Gasteiger partial charge >= 0.3 is 0 Å². The molecule has 0 aromatic heterocycles. The highest BCUT2D eigenvalue weighted by molar-refractivity contribution is 5.32. The van der Waals surface area contributed by atoms with Crippen LogP contribution in [0.5, 0.6) is 0 Å². The third-order valence-corrected chi connectivity index (χ3v) is 2.13. The molecule has 0 amide bonds. The Bertz CT molecular complexity index is 308. The molecule has 0 spiro atoms. The van der Waals surface area contributed by atoms with Crippen LogP contribution in [0.2, 0.25) is 0 Å². The van der Waals surface area contributed by atoms with Crippen LogP contribution < -0.4 is 0 Å². The third kappa shape index (κ3) is 2.04. The number of hydrogen-bond donors (Lipinski definition) is 1. The molecule has 0 fully saturated rings. The van der Waals surface area contributed by atoms with E-state index in [1.54, 1.807) is 13.0 Å². The molecule has 0 unspecified atom stereocenters. The predicted octanol–water partition coefficient (Wildman–Crippen LogP) is 2.39. The SMILES string of the molecule is Cc1ccc(C(F)(F)CO)cc1C. The number of alkyl halides is 2. The van der Waals surface area contributed by atoms with Gasteiger partial charge in [-0.2, -0.15) is 8.78 Å².